The highest BCUT2D eigenvalue weighted by Gasteiger charge is 2.41. The first kappa shape index (κ1) is 73.7. The van der Waals surface area contributed by atoms with Gasteiger partial charge in [-0.05, 0) is 315 Å². The fourth-order valence-electron chi connectivity index (χ4n) is 24.0. The molecule has 0 N–H and O–H groups in total. The number of hydrogen-bond acceptors (Lipinski definition) is 3. The molecular formula is C128H80O3. The normalized spacial score (nSPS) is 13.3. The maximum absolute atomic E-state index is 6.63. The molecule has 0 fully saturated rings. The zero-order chi connectivity index (χ0) is 86.4. The highest BCUT2D eigenvalue weighted by molar-refractivity contribution is 6.31. The third kappa shape index (κ3) is 10.6. The first-order chi connectivity index (χ1) is 64.5. The molecule has 610 valence electrons. The molecule has 27 aromatic rings. The van der Waals surface area contributed by atoms with Crippen LogP contribution >= 0.6 is 0 Å². The Balaban J connectivity index is 0.000000132. The summed E-state index contributed by atoms with van der Waals surface area (Å²) in [5.74, 6) is 0. The summed E-state index contributed by atoms with van der Waals surface area (Å²) in [6, 6.07) is 153. The van der Waals surface area contributed by atoms with Gasteiger partial charge in [0.2, 0.25) is 0 Å². The molecule has 0 bridgehead atoms. The van der Waals surface area contributed by atoms with Crippen LogP contribution in [0.25, 0.3) is 273 Å². The number of rotatable bonds is 6. The van der Waals surface area contributed by atoms with E-state index in [1.807, 2.05) is 12.1 Å². The van der Waals surface area contributed by atoms with Crippen molar-refractivity contribution >= 4 is 184 Å². The van der Waals surface area contributed by atoms with Gasteiger partial charge in [-0.2, -0.15) is 0 Å². The summed E-state index contributed by atoms with van der Waals surface area (Å²) in [7, 11) is 0. The molecule has 3 aromatic heterocycles. The Morgan fingerprint density at radius 2 is 0.412 bits per heavy atom. The number of hydrogen-bond donors (Lipinski definition) is 0. The topological polar surface area (TPSA) is 39.4 Å². The van der Waals surface area contributed by atoms with Gasteiger partial charge < -0.3 is 13.3 Å². The molecule has 0 atom stereocenters. The minimum Gasteiger partial charge on any atom is -0.456 e. The lowest BCUT2D eigenvalue weighted by Crippen LogP contribution is -2.15. The summed E-state index contributed by atoms with van der Waals surface area (Å²) < 4.78 is 19.4. The molecule has 3 heteroatoms. The lowest BCUT2D eigenvalue weighted by Gasteiger charge is -2.24. The van der Waals surface area contributed by atoms with E-state index in [0.29, 0.717) is 0 Å². The molecule has 2 aliphatic rings. The second-order valence-electron chi connectivity index (χ2n) is 37.3. The van der Waals surface area contributed by atoms with Gasteiger partial charge in [-0.15, -0.1) is 0 Å². The predicted octanol–water partition coefficient (Wildman–Crippen LogP) is 36.4. The van der Waals surface area contributed by atoms with E-state index in [2.05, 4.69) is 428 Å². The van der Waals surface area contributed by atoms with Crippen LogP contribution in [-0.4, -0.2) is 0 Å². The van der Waals surface area contributed by atoms with Gasteiger partial charge in [-0.3, -0.25) is 0 Å². The second-order valence-corrected chi connectivity index (χ2v) is 37.3. The molecule has 24 aromatic carbocycles. The van der Waals surface area contributed by atoms with Crippen LogP contribution in [-0.2, 0) is 10.8 Å². The Hall–Kier alpha value is -16.5. The zero-order valence-corrected chi connectivity index (χ0v) is 72.5. The van der Waals surface area contributed by atoms with Crippen molar-refractivity contribution in [2.45, 2.75) is 38.5 Å². The third-order valence-electron chi connectivity index (χ3n) is 29.8. The van der Waals surface area contributed by atoms with Crippen molar-refractivity contribution in [2.75, 3.05) is 0 Å². The van der Waals surface area contributed by atoms with Gasteiger partial charge in [0, 0.05) is 43.1 Å². The summed E-state index contributed by atoms with van der Waals surface area (Å²) in [6.45, 7) is 9.57. The van der Waals surface area contributed by atoms with Gasteiger partial charge >= 0.3 is 0 Å². The SMILES string of the molecule is CC1(C)c2ccc(-c3ccc4oc5ccc(-c6c7ccccc7c(-c7cc8ccc9ccccc9c8c8ccccc78)c7ccccc67)cc5c4c3)cc2-c2c1c1ccccc1c1ccccc21.CC1(C)c2ccc(-c3ccc4oc5ccc(-c6c7ccccc7c(-c7ccc8oc9ccccc9c8c7)c7ccccc67)cc5c4c3)cc2-c2c1c1ccccc1c1ccccc21. The van der Waals surface area contributed by atoms with E-state index >= 15 is 0 Å². The summed E-state index contributed by atoms with van der Waals surface area (Å²) >= 11 is 0. The Labute approximate surface area is 754 Å². The standard InChI is InChI=1S/C67H42O.C61H38O2/c1-67(2)59-32-29-40(36-58(59)65-49-21-9-5-17-45(49)46-18-7-14-26-54(46)66(65)67)41-30-33-60-55(35-41)56-37-43(31-34-61(56)68-60)63-50-22-10-12-24-52(50)64(53-25-13-11-23-51(53)63)57-38-42-28-27-39-15-3-4-16-44(39)62(42)48-20-8-6-19-47(48)57;1-61(2)52-27-23-35(32-51(52)59-42-16-5-3-13-39(42)40-14-4-10-21-47(40)60(59)61)36-24-28-55-49(31-36)50-34-38(26-30-56(50)63-55)58-45-19-8-6-17-43(45)57(44-18-7-9-20-46(44)58)37-25-29-54-48(33-37)41-15-11-12-22-53(41)62-54/h3-38H,1-2H3;3-34H,1-2H3. The zero-order valence-electron chi connectivity index (χ0n) is 72.5. The average molecular weight is 1670 g/mol. The molecular weight excluding hydrogens is 1590 g/mol. The maximum atomic E-state index is 6.63. The van der Waals surface area contributed by atoms with Crippen LogP contribution in [0.4, 0.5) is 0 Å². The molecule has 2 aliphatic carbocycles. The van der Waals surface area contributed by atoms with Crippen LogP contribution in [0.5, 0.6) is 0 Å². The lowest BCUT2D eigenvalue weighted by atomic mass is 9.79. The molecule has 29 rings (SSSR count). The van der Waals surface area contributed by atoms with E-state index in [0.717, 1.165) is 65.8 Å². The van der Waals surface area contributed by atoms with Crippen LogP contribution in [0.15, 0.2) is 426 Å². The van der Waals surface area contributed by atoms with Crippen molar-refractivity contribution in [3.63, 3.8) is 0 Å². The number of benzene rings is 24. The van der Waals surface area contributed by atoms with Crippen LogP contribution in [0.1, 0.15) is 49.9 Å². The third-order valence-corrected chi connectivity index (χ3v) is 29.8. The van der Waals surface area contributed by atoms with Gasteiger partial charge in [0.05, 0.1) is 0 Å². The smallest absolute Gasteiger partial charge is 0.135 e. The Morgan fingerprint density at radius 3 is 0.809 bits per heavy atom. The van der Waals surface area contributed by atoms with Gasteiger partial charge in [0.15, 0.2) is 0 Å². The molecule has 0 saturated carbocycles. The molecule has 131 heavy (non-hydrogen) atoms. The van der Waals surface area contributed by atoms with Crippen molar-refractivity contribution in [1.82, 2.24) is 0 Å². The van der Waals surface area contributed by atoms with Gasteiger partial charge in [0.25, 0.3) is 0 Å². The molecule has 0 aliphatic heterocycles. The Kier molecular flexibility index (Phi) is 15.5. The summed E-state index contributed by atoms with van der Waals surface area (Å²) in [5.41, 5.74) is 30.6. The average Bonchev–Trinajstić information content (AvgIpc) is 1.55. The maximum Gasteiger partial charge on any atom is 0.135 e. The van der Waals surface area contributed by atoms with Crippen molar-refractivity contribution in [2.24, 2.45) is 0 Å². The number of para-hydroxylation sites is 1. The van der Waals surface area contributed by atoms with Crippen LogP contribution in [0.3, 0.4) is 0 Å². The van der Waals surface area contributed by atoms with E-state index in [-0.39, 0.29) is 10.8 Å². The predicted molar refractivity (Wildman–Crippen MR) is 555 cm³/mol. The molecule has 3 nitrogen and oxygen atoms in total. The van der Waals surface area contributed by atoms with Crippen LogP contribution in [0.2, 0.25) is 0 Å². The monoisotopic (exact) mass is 1660 g/mol. The summed E-state index contributed by atoms with van der Waals surface area (Å²) in [5, 5.41) is 34.8. The summed E-state index contributed by atoms with van der Waals surface area (Å²) in [6.07, 6.45) is 0. The quantitative estimate of drug-likeness (QED) is 0.123. The molecule has 3 heterocycles. The van der Waals surface area contributed by atoms with E-state index in [9.17, 15) is 0 Å². The Bertz CT molecular complexity index is 9650. The molecule has 0 radical (unpaired) electrons. The molecule has 0 spiro atoms. The fourth-order valence-corrected chi connectivity index (χ4v) is 24.0. The Morgan fingerprint density at radius 1 is 0.153 bits per heavy atom. The molecule has 0 amide bonds. The van der Waals surface area contributed by atoms with E-state index in [1.165, 1.54) is 230 Å². The minimum atomic E-state index is -0.140. The summed E-state index contributed by atoms with van der Waals surface area (Å²) in [4.78, 5) is 0. The van der Waals surface area contributed by atoms with Gasteiger partial charge in [0.1, 0.15) is 33.5 Å². The number of fused-ring (bicyclic) bond motifs is 34. The second kappa shape index (κ2) is 27.5. The van der Waals surface area contributed by atoms with E-state index in [4.69, 9.17) is 13.3 Å². The van der Waals surface area contributed by atoms with Crippen molar-refractivity contribution < 1.29 is 13.3 Å². The fraction of sp³-hybridized carbons (Fsp3) is 0.0469. The minimum absolute atomic E-state index is 0.136. The van der Waals surface area contributed by atoms with Crippen LogP contribution in [0, 0.1) is 0 Å². The first-order valence-corrected chi connectivity index (χ1v) is 45.7. The van der Waals surface area contributed by atoms with Crippen molar-refractivity contribution in [3.05, 3.63) is 435 Å². The first-order valence-electron chi connectivity index (χ1n) is 45.7. The van der Waals surface area contributed by atoms with E-state index in [1.54, 1.807) is 0 Å². The van der Waals surface area contributed by atoms with Gasteiger partial charge in [-0.25, -0.2) is 0 Å². The van der Waals surface area contributed by atoms with Crippen molar-refractivity contribution in [1.29, 1.82) is 0 Å². The molecule has 0 unspecified atom stereocenters. The highest BCUT2D eigenvalue weighted by atomic mass is 16.3. The van der Waals surface area contributed by atoms with Gasteiger partial charge in [-0.1, -0.05) is 355 Å². The van der Waals surface area contributed by atoms with Crippen molar-refractivity contribution in [3.8, 4) is 89.0 Å². The van der Waals surface area contributed by atoms with E-state index < -0.39 is 0 Å². The molecule has 0 saturated heterocycles. The lowest BCUT2D eigenvalue weighted by molar-refractivity contribution is 0.666. The highest BCUT2D eigenvalue weighted by Crippen LogP contribution is 2.59. The largest absolute Gasteiger partial charge is 0.456 e. The van der Waals surface area contributed by atoms with Crippen LogP contribution < -0.4 is 0 Å². The number of furan rings is 3.